The lowest BCUT2D eigenvalue weighted by atomic mass is 9.98. The minimum absolute atomic E-state index is 0.113. The van der Waals surface area contributed by atoms with E-state index in [1.54, 1.807) is 0 Å². The first-order valence-corrected chi connectivity index (χ1v) is 9.94. The first kappa shape index (κ1) is 19.0. The summed E-state index contributed by atoms with van der Waals surface area (Å²) in [5.74, 6) is 0. The molecule has 0 radical (unpaired) electrons. The van der Waals surface area contributed by atoms with Gasteiger partial charge in [-0.05, 0) is 37.0 Å². The maximum atomic E-state index is 12.7. The normalized spacial score (nSPS) is 13.1. The van der Waals surface area contributed by atoms with E-state index in [2.05, 4.69) is 10.2 Å². The minimum atomic E-state index is -0.586. The third-order valence-corrected chi connectivity index (χ3v) is 5.55. The van der Waals surface area contributed by atoms with Crippen LogP contribution in [-0.2, 0) is 17.8 Å². The van der Waals surface area contributed by atoms with E-state index in [9.17, 15) is 14.9 Å². The fourth-order valence-electron chi connectivity index (χ4n) is 3.38. The molecule has 148 valence electrons. The van der Waals surface area contributed by atoms with Gasteiger partial charge in [-0.15, -0.1) is 10.2 Å². The molecular weight excluding hydrogens is 392 g/mol. The van der Waals surface area contributed by atoms with Gasteiger partial charge in [-0.3, -0.25) is 15.0 Å². The molecule has 9 heteroatoms. The smallest absolute Gasteiger partial charge is 0.414 e. The molecule has 0 saturated carbocycles. The summed E-state index contributed by atoms with van der Waals surface area (Å²) in [6.07, 6.45) is 0.755. The summed E-state index contributed by atoms with van der Waals surface area (Å²) in [5, 5.41) is 21.3. The van der Waals surface area contributed by atoms with Gasteiger partial charge in [-0.25, -0.2) is 4.79 Å². The van der Waals surface area contributed by atoms with Crippen LogP contribution >= 0.6 is 11.3 Å². The van der Waals surface area contributed by atoms with Gasteiger partial charge in [0.15, 0.2) is 0 Å². The molecule has 1 aromatic heterocycles. The van der Waals surface area contributed by atoms with E-state index in [1.165, 1.54) is 22.3 Å². The second-order valence-electron chi connectivity index (χ2n) is 6.68. The number of benzene rings is 2. The lowest BCUT2D eigenvalue weighted by Crippen LogP contribution is -2.36. The van der Waals surface area contributed by atoms with Crippen molar-refractivity contribution in [3.05, 3.63) is 68.7 Å². The number of amides is 1. The van der Waals surface area contributed by atoms with E-state index >= 15 is 0 Å². The van der Waals surface area contributed by atoms with Crippen molar-refractivity contribution < 1.29 is 14.5 Å². The predicted octanol–water partition coefficient (Wildman–Crippen LogP) is 4.51. The number of carbonyl (C=O) groups is 1. The van der Waals surface area contributed by atoms with Gasteiger partial charge in [-0.1, -0.05) is 41.7 Å². The molecule has 0 aliphatic carbocycles. The number of aryl methyl sites for hydroxylation is 2. The quantitative estimate of drug-likeness (QED) is 0.463. The van der Waals surface area contributed by atoms with Gasteiger partial charge in [0.25, 0.3) is 5.69 Å². The van der Waals surface area contributed by atoms with Crippen molar-refractivity contribution in [2.24, 2.45) is 0 Å². The molecule has 0 unspecified atom stereocenters. The van der Waals surface area contributed by atoms with Crippen molar-refractivity contribution in [3.63, 3.8) is 0 Å². The summed E-state index contributed by atoms with van der Waals surface area (Å²) in [7, 11) is 0. The number of anilines is 1. The second-order valence-corrected chi connectivity index (χ2v) is 7.86. The highest BCUT2D eigenvalue weighted by molar-refractivity contribution is 7.14. The second kappa shape index (κ2) is 7.96. The van der Waals surface area contributed by atoms with Crippen LogP contribution in [0.25, 0.3) is 10.6 Å². The molecule has 1 aliphatic rings. The number of nitro groups is 1. The number of nitrogens with zero attached hydrogens (tertiary/aromatic N) is 4. The number of nitro benzene ring substituents is 1. The standard InChI is InChI=1S/C20H18N4O4S/c1-13-21-22-19(29-13)16-10-15-8-5-9-23(18(15)17(11-16)24(26)27)20(25)28-12-14-6-3-2-4-7-14/h2-4,6-7,10-11H,5,8-9,12H2,1H3. The van der Waals surface area contributed by atoms with Crippen molar-refractivity contribution in [1.82, 2.24) is 10.2 Å². The van der Waals surface area contributed by atoms with Gasteiger partial charge in [0.05, 0.1) is 4.92 Å². The summed E-state index contributed by atoms with van der Waals surface area (Å²) >= 11 is 1.37. The first-order valence-electron chi connectivity index (χ1n) is 9.13. The third-order valence-electron chi connectivity index (χ3n) is 4.66. The number of hydrogen-bond donors (Lipinski definition) is 0. The largest absolute Gasteiger partial charge is 0.444 e. The molecule has 29 heavy (non-hydrogen) atoms. The topological polar surface area (TPSA) is 98.5 Å². The number of carbonyl (C=O) groups excluding carboxylic acids is 1. The zero-order valence-corrected chi connectivity index (χ0v) is 16.5. The molecule has 2 heterocycles. The molecule has 0 fully saturated rings. The molecule has 8 nitrogen and oxygen atoms in total. The molecule has 4 rings (SSSR count). The van der Waals surface area contributed by atoms with Gasteiger partial charge < -0.3 is 4.74 Å². The van der Waals surface area contributed by atoms with Gasteiger partial charge >= 0.3 is 6.09 Å². The molecule has 1 aliphatic heterocycles. The molecule has 0 bridgehead atoms. The van der Waals surface area contributed by atoms with Crippen LogP contribution in [0.3, 0.4) is 0 Å². The van der Waals surface area contributed by atoms with Gasteiger partial charge in [0, 0.05) is 18.2 Å². The molecule has 2 aromatic carbocycles. The summed E-state index contributed by atoms with van der Waals surface area (Å²) in [4.78, 5) is 25.4. The Hall–Kier alpha value is -3.33. The molecule has 0 atom stereocenters. The van der Waals surface area contributed by atoms with Gasteiger partial charge in [0.1, 0.15) is 22.3 Å². The van der Waals surface area contributed by atoms with Crippen molar-refractivity contribution >= 4 is 28.8 Å². The van der Waals surface area contributed by atoms with Gasteiger partial charge in [-0.2, -0.15) is 0 Å². The molecular formula is C20H18N4O4S. The monoisotopic (exact) mass is 410 g/mol. The molecule has 0 spiro atoms. The molecule has 0 saturated heterocycles. The van der Waals surface area contributed by atoms with E-state index in [0.717, 1.165) is 16.1 Å². The summed E-state index contributed by atoms with van der Waals surface area (Å²) in [6, 6.07) is 12.6. The highest BCUT2D eigenvalue weighted by atomic mass is 32.1. The zero-order chi connectivity index (χ0) is 20.4. The minimum Gasteiger partial charge on any atom is -0.444 e. The Morgan fingerprint density at radius 1 is 1.28 bits per heavy atom. The van der Waals surface area contributed by atoms with Crippen molar-refractivity contribution in [2.75, 3.05) is 11.4 Å². The van der Waals surface area contributed by atoms with E-state index in [0.29, 0.717) is 35.6 Å². The average molecular weight is 410 g/mol. The van der Waals surface area contributed by atoms with Crippen molar-refractivity contribution in [1.29, 1.82) is 0 Å². The summed E-state index contributed by atoms with van der Waals surface area (Å²) in [6.45, 7) is 2.32. The summed E-state index contributed by atoms with van der Waals surface area (Å²) < 4.78 is 5.42. The SMILES string of the molecule is Cc1nnc(-c2cc3c(c([N+](=O)[O-])c2)N(C(=O)OCc2ccccc2)CCC3)s1. The van der Waals surface area contributed by atoms with Crippen LogP contribution < -0.4 is 4.90 Å². The fraction of sp³-hybridized carbons (Fsp3) is 0.250. The van der Waals surface area contributed by atoms with Gasteiger partial charge in [0.2, 0.25) is 0 Å². The lowest BCUT2D eigenvalue weighted by Gasteiger charge is -2.28. The lowest BCUT2D eigenvalue weighted by molar-refractivity contribution is -0.384. The summed E-state index contributed by atoms with van der Waals surface area (Å²) in [5.41, 5.74) is 2.42. The number of fused-ring (bicyclic) bond motifs is 1. The van der Waals surface area contributed by atoms with Crippen LogP contribution in [0.1, 0.15) is 22.6 Å². The highest BCUT2D eigenvalue weighted by Gasteiger charge is 2.32. The molecule has 0 N–H and O–H groups in total. The Morgan fingerprint density at radius 2 is 2.07 bits per heavy atom. The van der Waals surface area contributed by atoms with Crippen LogP contribution in [-0.4, -0.2) is 27.8 Å². The fourth-order valence-corrected chi connectivity index (χ4v) is 4.05. The zero-order valence-electron chi connectivity index (χ0n) is 15.7. The third kappa shape index (κ3) is 3.95. The Kier molecular flexibility index (Phi) is 5.22. The number of hydrogen-bond acceptors (Lipinski definition) is 7. The van der Waals surface area contributed by atoms with E-state index < -0.39 is 11.0 Å². The maximum Gasteiger partial charge on any atom is 0.414 e. The Labute approximate surface area is 170 Å². The first-order chi connectivity index (χ1) is 14.0. The van der Waals surface area contributed by atoms with Crippen LogP contribution in [0.4, 0.5) is 16.2 Å². The van der Waals surface area contributed by atoms with Crippen LogP contribution in [0, 0.1) is 17.0 Å². The van der Waals surface area contributed by atoms with E-state index in [-0.39, 0.29) is 12.3 Å². The van der Waals surface area contributed by atoms with E-state index in [4.69, 9.17) is 4.74 Å². The highest BCUT2D eigenvalue weighted by Crippen LogP contribution is 2.40. The van der Waals surface area contributed by atoms with Crippen LogP contribution in [0.2, 0.25) is 0 Å². The van der Waals surface area contributed by atoms with Crippen molar-refractivity contribution in [3.8, 4) is 10.6 Å². The predicted molar refractivity (Wildman–Crippen MR) is 109 cm³/mol. The Balaban J connectivity index is 1.66. The Bertz CT molecular complexity index is 1070. The van der Waals surface area contributed by atoms with Crippen LogP contribution in [0.5, 0.6) is 0 Å². The van der Waals surface area contributed by atoms with Crippen LogP contribution in [0.15, 0.2) is 42.5 Å². The van der Waals surface area contributed by atoms with Crippen molar-refractivity contribution in [2.45, 2.75) is 26.4 Å². The maximum absolute atomic E-state index is 12.7. The Morgan fingerprint density at radius 3 is 2.76 bits per heavy atom. The number of rotatable bonds is 4. The molecule has 1 amide bonds. The number of ether oxygens (including phenoxy) is 1. The van der Waals surface area contributed by atoms with E-state index in [1.807, 2.05) is 43.3 Å². The molecule has 3 aromatic rings. The number of aromatic nitrogens is 2. The average Bonchev–Trinajstić information content (AvgIpc) is 3.17.